The summed E-state index contributed by atoms with van der Waals surface area (Å²) in [6.07, 6.45) is 1.29. The van der Waals surface area contributed by atoms with Crippen LogP contribution in [0.25, 0.3) is 0 Å². The predicted molar refractivity (Wildman–Crippen MR) is 85.0 cm³/mol. The smallest absolute Gasteiger partial charge is 0.252 e. The Hall–Kier alpha value is -0.520. The first-order valence-corrected chi connectivity index (χ1v) is 7.88. The molecule has 1 heterocycles. The lowest BCUT2D eigenvalue weighted by Crippen LogP contribution is -2.54. The molecule has 1 fully saturated rings. The summed E-state index contributed by atoms with van der Waals surface area (Å²) in [5.41, 5.74) is 0.510. The molecule has 1 amide bonds. The second kappa shape index (κ2) is 7.65. The molecule has 0 bridgehead atoms. The highest BCUT2D eigenvalue weighted by Crippen LogP contribution is 2.29. The van der Waals surface area contributed by atoms with E-state index in [4.69, 9.17) is 39.5 Å². The molecule has 1 aliphatic heterocycles. The van der Waals surface area contributed by atoms with Crippen LogP contribution in [0.5, 0.6) is 0 Å². The van der Waals surface area contributed by atoms with Crippen molar-refractivity contribution in [1.29, 1.82) is 0 Å². The van der Waals surface area contributed by atoms with Gasteiger partial charge in [0, 0.05) is 18.7 Å². The number of nitrogens with one attached hydrogen (secondary N) is 2. The van der Waals surface area contributed by atoms with Gasteiger partial charge in [0.05, 0.1) is 6.10 Å². The molecule has 21 heavy (non-hydrogen) atoms. The molecule has 0 unspecified atom stereocenters. The van der Waals surface area contributed by atoms with Crippen LogP contribution >= 0.6 is 34.8 Å². The lowest BCUT2D eigenvalue weighted by molar-refractivity contribution is 0.0897. The quantitative estimate of drug-likeness (QED) is 0.633. The normalized spacial score (nSPS) is 20.2. The maximum atomic E-state index is 12.1. The van der Waals surface area contributed by atoms with Crippen molar-refractivity contribution < 1.29 is 9.53 Å². The predicted octanol–water partition coefficient (Wildman–Crippen LogP) is 2.88. The lowest BCUT2D eigenvalue weighted by Gasteiger charge is -2.27. The Bertz CT molecular complexity index is 459. The van der Waals surface area contributed by atoms with E-state index in [9.17, 15) is 4.79 Å². The van der Waals surface area contributed by atoms with Crippen LogP contribution in [0, 0.1) is 0 Å². The van der Waals surface area contributed by atoms with Crippen LogP contribution in [0.2, 0.25) is 0 Å². The van der Waals surface area contributed by atoms with Crippen LogP contribution in [0.1, 0.15) is 23.2 Å². The lowest BCUT2D eigenvalue weighted by atomic mass is 10.2. The summed E-state index contributed by atoms with van der Waals surface area (Å²) in [6.45, 7) is 1.27. The van der Waals surface area contributed by atoms with E-state index in [0.717, 1.165) is 19.4 Å². The Balaban J connectivity index is 1.94. The zero-order chi connectivity index (χ0) is 15.3. The molecule has 116 valence electrons. The van der Waals surface area contributed by atoms with Crippen LogP contribution in [-0.2, 0) is 4.74 Å². The van der Waals surface area contributed by atoms with Crippen molar-refractivity contribution in [3.8, 4) is 0 Å². The number of ether oxygens (including phenoxy) is 1. The third-order valence-corrected chi connectivity index (χ3v) is 3.87. The van der Waals surface area contributed by atoms with Gasteiger partial charge in [0.25, 0.3) is 5.91 Å². The standard InChI is InChI=1S/C14H17Cl3N2O2/c15-14(16,17)13(18-9-11-7-4-8-21-11)19-12(20)10-5-2-1-3-6-10/h1-3,5-6,11,13,18H,4,7-9H2,(H,19,20)/t11-,13-/m1/s1. The molecule has 0 aliphatic carbocycles. The van der Waals surface area contributed by atoms with Gasteiger partial charge in [-0.05, 0) is 25.0 Å². The number of carbonyl (C=O) groups is 1. The molecule has 0 aromatic heterocycles. The van der Waals surface area contributed by atoms with Crippen molar-refractivity contribution in [1.82, 2.24) is 10.6 Å². The first-order chi connectivity index (χ1) is 9.97. The number of hydrogen-bond acceptors (Lipinski definition) is 3. The highest BCUT2D eigenvalue weighted by atomic mass is 35.6. The molecule has 1 aliphatic rings. The van der Waals surface area contributed by atoms with Crippen LogP contribution in [-0.4, -0.2) is 35.1 Å². The number of amides is 1. The van der Waals surface area contributed by atoms with Gasteiger partial charge in [-0.1, -0.05) is 53.0 Å². The van der Waals surface area contributed by atoms with E-state index in [0.29, 0.717) is 12.1 Å². The maximum absolute atomic E-state index is 12.1. The third-order valence-electron chi connectivity index (χ3n) is 3.21. The number of halogens is 3. The topological polar surface area (TPSA) is 50.4 Å². The molecule has 1 aromatic rings. The van der Waals surface area contributed by atoms with E-state index >= 15 is 0 Å². The van der Waals surface area contributed by atoms with Gasteiger partial charge in [-0.2, -0.15) is 0 Å². The molecule has 1 saturated heterocycles. The van der Waals surface area contributed by atoms with Crippen LogP contribution in [0.4, 0.5) is 0 Å². The van der Waals surface area contributed by atoms with E-state index in [1.165, 1.54) is 0 Å². The molecular formula is C14H17Cl3N2O2. The molecule has 1 aromatic carbocycles. The number of carbonyl (C=O) groups excluding carboxylic acids is 1. The fourth-order valence-corrected chi connectivity index (χ4v) is 2.50. The maximum Gasteiger partial charge on any atom is 0.252 e. The van der Waals surface area contributed by atoms with Crippen molar-refractivity contribution in [2.45, 2.75) is 28.9 Å². The van der Waals surface area contributed by atoms with Crippen molar-refractivity contribution >= 4 is 40.7 Å². The first kappa shape index (κ1) is 16.8. The number of rotatable bonds is 5. The van der Waals surface area contributed by atoms with Crippen LogP contribution in [0.3, 0.4) is 0 Å². The molecule has 2 atom stereocenters. The zero-order valence-electron chi connectivity index (χ0n) is 11.3. The Labute approximate surface area is 139 Å². The summed E-state index contributed by atoms with van der Waals surface area (Å²) in [5, 5.41) is 5.75. The van der Waals surface area contributed by atoms with E-state index in [1.54, 1.807) is 24.3 Å². The van der Waals surface area contributed by atoms with Gasteiger partial charge < -0.3 is 10.1 Å². The number of hydrogen-bond donors (Lipinski definition) is 2. The molecule has 2 N–H and O–H groups in total. The second-order valence-electron chi connectivity index (χ2n) is 4.86. The van der Waals surface area contributed by atoms with Gasteiger partial charge >= 0.3 is 0 Å². The summed E-state index contributed by atoms with van der Waals surface area (Å²) in [5.74, 6) is -0.299. The molecule has 2 rings (SSSR count). The van der Waals surface area contributed by atoms with Crippen molar-refractivity contribution in [2.75, 3.05) is 13.2 Å². The first-order valence-electron chi connectivity index (χ1n) is 6.74. The van der Waals surface area contributed by atoms with Crippen LogP contribution in [0.15, 0.2) is 30.3 Å². The third kappa shape index (κ3) is 5.31. The fourth-order valence-electron chi connectivity index (χ4n) is 2.11. The largest absolute Gasteiger partial charge is 0.377 e. The molecule has 0 saturated carbocycles. The Morgan fingerprint density at radius 3 is 2.62 bits per heavy atom. The van der Waals surface area contributed by atoms with Crippen LogP contribution < -0.4 is 10.6 Å². The molecule has 4 nitrogen and oxygen atoms in total. The number of alkyl halides is 3. The Morgan fingerprint density at radius 1 is 1.33 bits per heavy atom. The van der Waals surface area contributed by atoms with Gasteiger partial charge in [-0.25, -0.2) is 0 Å². The average molecular weight is 352 g/mol. The van der Waals surface area contributed by atoms with E-state index in [2.05, 4.69) is 10.6 Å². The van der Waals surface area contributed by atoms with Gasteiger partial charge in [0.15, 0.2) is 0 Å². The summed E-state index contributed by atoms with van der Waals surface area (Å²) in [7, 11) is 0. The van der Waals surface area contributed by atoms with Gasteiger partial charge in [-0.3, -0.25) is 10.1 Å². The fraction of sp³-hybridized carbons (Fsp3) is 0.500. The van der Waals surface area contributed by atoms with E-state index in [1.807, 2.05) is 6.07 Å². The second-order valence-corrected chi connectivity index (χ2v) is 7.23. The zero-order valence-corrected chi connectivity index (χ0v) is 13.6. The minimum atomic E-state index is -1.65. The molecule has 7 heteroatoms. The molecular weight excluding hydrogens is 335 g/mol. The van der Waals surface area contributed by atoms with Crippen molar-refractivity contribution in [3.63, 3.8) is 0 Å². The van der Waals surface area contributed by atoms with Crippen molar-refractivity contribution in [2.24, 2.45) is 0 Å². The summed E-state index contributed by atoms with van der Waals surface area (Å²) in [6, 6.07) is 8.78. The van der Waals surface area contributed by atoms with E-state index < -0.39 is 9.96 Å². The van der Waals surface area contributed by atoms with Gasteiger partial charge in [0.1, 0.15) is 6.17 Å². The summed E-state index contributed by atoms with van der Waals surface area (Å²) in [4.78, 5) is 12.1. The number of benzene rings is 1. The van der Waals surface area contributed by atoms with Gasteiger partial charge in [0.2, 0.25) is 3.79 Å². The molecule has 0 radical (unpaired) electrons. The minimum Gasteiger partial charge on any atom is -0.377 e. The SMILES string of the molecule is O=C(N[C@@H](NC[C@H]1CCCO1)C(Cl)(Cl)Cl)c1ccccc1. The molecule has 0 spiro atoms. The minimum absolute atomic E-state index is 0.0912. The Kier molecular flexibility index (Phi) is 6.14. The summed E-state index contributed by atoms with van der Waals surface area (Å²) < 4.78 is 3.85. The highest BCUT2D eigenvalue weighted by Gasteiger charge is 2.34. The van der Waals surface area contributed by atoms with Crippen molar-refractivity contribution in [3.05, 3.63) is 35.9 Å². The van der Waals surface area contributed by atoms with E-state index in [-0.39, 0.29) is 12.0 Å². The Morgan fingerprint density at radius 2 is 2.05 bits per heavy atom. The summed E-state index contributed by atoms with van der Waals surface area (Å²) >= 11 is 17.8. The average Bonchev–Trinajstić information content (AvgIpc) is 2.96. The monoisotopic (exact) mass is 350 g/mol. The van der Waals surface area contributed by atoms with Gasteiger partial charge in [-0.15, -0.1) is 0 Å². The highest BCUT2D eigenvalue weighted by molar-refractivity contribution is 6.68.